The van der Waals surface area contributed by atoms with Crippen molar-refractivity contribution in [3.8, 4) is 11.4 Å². The first-order chi connectivity index (χ1) is 13.1. The zero-order chi connectivity index (χ0) is 20.1. The number of thioether (sulfide) groups is 1. The Morgan fingerprint density at radius 3 is 2.04 bits per heavy atom. The maximum atomic E-state index is 13.1. The van der Waals surface area contributed by atoms with Gasteiger partial charge in [0.15, 0.2) is 5.82 Å². The Morgan fingerprint density at radius 1 is 0.857 bits per heavy atom. The summed E-state index contributed by atoms with van der Waals surface area (Å²) in [6, 6.07) is 1.36. The Morgan fingerprint density at radius 2 is 1.46 bits per heavy atom. The molecule has 1 aromatic heterocycles. The van der Waals surface area contributed by atoms with E-state index < -0.39 is 23.5 Å². The van der Waals surface area contributed by atoms with E-state index in [9.17, 15) is 26.3 Å². The normalized spacial score (nSPS) is 17.6. The number of likely N-dealkylation sites (tertiary alicyclic amines) is 1. The molecule has 150 valence electrons. The number of nitrogens with zero attached hydrogens (tertiary/aromatic N) is 5. The van der Waals surface area contributed by atoms with Crippen LogP contribution in [0.4, 0.5) is 26.3 Å². The summed E-state index contributed by atoms with van der Waals surface area (Å²) >= 11 is 1.29. The Bertz CT molecular complexity index is 894. The van der Waals surface area contributed by atoms with Crippen molar-refractivity contribution in [1.82, 2.24) is 19.8 Å². The maximum Gasteiger partial charge on any atom is 0.416 e. The van der Waals surface area contributed by atoms with Gasteiger partial charge in [-0.05, 0) is 31.0 Å². The molecule has 0 aliphatic carbocycles. The van der Waals surface area contributed by atoms with Gasteiger partial charge in [-0.1, -0.05) is 11.8 Å². The van der Waals surface area contributed by atoms with Crippen LogP contribution in [-0.4, -0.2) is 44.5 Å². The summed E-state index contributed by atoms with van der Waals surface area (Å²) < 4.78 is 80.0. The van der Waals surface area contributed by atoms with E-state index in [4.69, 9.17) is 0 Å². The molecule has 1 fully saturated rings. The average molecular weight is 421 g/mol. The minimum atomic E-state index is -4.93. The lowest BCUT2D eigenvalue weighted by Crippen LogP contribution is -2.32. The van der Waals surface area contributed by atoms with Crippen LogP contribution in [0.5, 0.6) is 0 Å². The molecule has 1 aromatic carbocycles. The number of aromatic nitrogens is 3. The van der Waals surface area contributed by atoms with E-state index in [0.29, 0.717) is 28.9 Å². The van der Waals surface area contributed by atoms with Gasteiger partial charge in [0.2, 0.25) is 5.16 Å². The number of alkyl halides is 6. The molecule has 0 spiro atoms. The van der Waals surface area contributed by atoms with Crippen molar-refractivity contribution < 1.29 is 26.3 Å². The van der Waals surface area contributed by atoms with Crippen LogP contribution in [0.25, 0.3) is 11.4 Å². The molecule has 0 atom stereocenters. The fourth-order valence-corrected chi connectivity index (χ4v) is 3.96. The first kappa shape index (κ1) is 19.1. The number of halogens is 6. The van der Waals surface area contributed by atoms with Gasteiger partial charge in [0, 0.05) is 18.7 Å². The monoisotopic (exact) mass is 421 g/mol. The summed E-state index contributed by atoms with van der Waals surface area (Å²) in [6.45, 7) is 1.63. The molecule has 0 N–H and O–H groups in total. The maximum absolute atomic E-state index is 13.1. The van der Waals surface area contributed by atoms with Crippen LogP contribution in [0.1, 0.15) is 24.0 Å². The zero-order valence-electron chi connectivity index (χ0n) is 14.2. The molecule has 2 aliphatic heterocycles. The Kier molecular flexibility index (Phi) is 4.55. The van der Waals surface area contributed by atoms with Crippen LogP contribution in [0.3, 0.4) is 0 Å². The number of benzene rings is 1. The predicted octanol–water partition coefficient (Wildman–Crippen LogP) is 4.35. The van der Waals surface area contributed by atoms with Crippen molar-refractivity contribution in [2.75, 3.05) is 18.8 Å². The fraction of sp³-hybridized carbons (Fsp3) is 0.438. The van der Waals surface area contributed by atoms with E-state index >= 15 is 0 Å². The molecule has 12 heteroatoms. The smallest absolute Gasteiger partial charge is 0.358 e. The average Bonchev–Trinajstić information content (AvgIpc) is 3.29. The molecular weight excluding hydrogens is 408 g/mol. The van der Waals surface area contributed by atoms with Gasteiger partial charge >= 0.3 is 12.4 Å². The van der Waals surface area contributed by atoms with E-state index in [-0.39, 0.29) is 17.5 Å². The summed E-state index contributed by atoms with van der Waals surface area (Å²) in [7, 11) is 0. The molecule has 5 nitrogen and oxygen atoms in total. The van der Waals surface area contributed by atoms with Crippen molar-refractivity contribution >= 4 is 17.6 Å². The lowest BCUT2D eigenvalue weighted by Gasteiger charge is -2.22. The number of rotatable bonds is 1. The molecule has 4 rings (SSSR count). The van der Waals surface area contributed by atoms with E-state index in [1.165, 1.54) is 16.4 Å². The van der Waals surface area contributed by atoms with Gasteiger partial charge in [0.1, 0.15) is 5.84 Å². The largest absolute Gasteiger partial charge is 0.416 e. The number of hydrogen-bond acceptors (Lipinski definition) is 5. The van der Waals surface area contributed by atoms with Crippen LogP contribution in [0.15, 0.2) is 28.5 Å². The van der Waals surface area contributed by atoms with Gasteiger partial charge in [-0.15, -0.1) is 10.2 Å². The molecule has 1 saturated heterocycles. The van der Waals surface area contributed by atoms with Crippen molar-refractivity contribution in [3.05, 3.63) is 29.3 Å². The molecule has 0 amide bonds. The number of fused-ring (bicyclic) bond motifs is 1. The van der Waals surface area contributed by atoms with Crippen molar-refractivity contribution in [2.24, 2.45) is 5.10 Å². The minimum Gasteiger partial charge on any atom is -0.358 e. The molecule has 2 aromatic rings. The SMILES string of the molecule is FC(F)(F)c1cc(-c2nnc3n2N=C(N2CCCC2)CS3)cc(C(F)(F)F)c1. The summed E-state index contributed by atoms with van der Waals surface area (Å²) in [6.07, 6.45) is -7.85. The number of amidine groups is 1. The summed E-state index contributed by atoms with van der Waals surface area (Å²) in [5, 5.41) is 12.4. The van der Waals surface area contributed by atoms with Crippen molar-refractivity contribution in [1.29, 1.82) is 0 Å². The van der Waals surface area contributed by atoms with Crippen LogP contribution in [0, 0.1) is 0 Å². The van der Waals surface area contributed by atoms with Crippen LogP contribution < -0.4 is 0 Å². The highest BCUT2D eigenvalue weighted by Gasteiger charge is 2.37. The Labute approximate surface area is 159 Å². The Balaban J connectivity index is 1.82. The van der Waals surface area contributed by atoms with Crippen molar-refractivity contribution in [2.45, 2.75) is 30.4 Å². The lowest BCUT2D eigenvalue weighted by atomic mass is 10.0. The van der Waals surface area contributed by atoms with Crippen LogP contribution >= 0.6 is 11.8 Å². The minimum absolute atomic E-state index is 0.0880. The second-order valence-corrected chi connectivity index (χ2v) is 7.35. The van der Waals surface area contributed by atoms with Gasteiger partial charge in [0.25, 0.3) is 0 Å². The first-order valence-corrected chi connectivity index (χ1v) is 9.32. The van der Waals surface area contributed by atoms with E-state index in [2.05, 4.69) is 15.3 Å². The highest BCUT2D eigenvalue weighted by molar-refractivity contribution is 7.99. The molecule has 0 radical (unpaired) electrons. The molecule has 0 unspecified atom stereocenters. The quantitative estimate of drug-likeness (QED) is 0.643. The van der Waals surface area contributed by atoms with Crippen LogP contribution in [0.2, 0.25) is 0 Å². The second kappa shape index (κ2) is 6.68. The highest BCUT2D eigenvalue weighted by atomic mass is 32.2. The molecule has 28 heavy (non-hydrogen) atoms. The second-order valence-electron chi connectivity index (χ2n) is 6.41. The third kappa shape index (κ3) is 3.56. The van der Waals surface area contributed by atoms with Gasteiger partial charge in [-0.2, -0.15) is 36.1 Å². The summed E-state index contributed by atoms with van der Waals surface area (Å²) in [5.74, 6) is 1.07. The van der Waals surface area contributed by atoms with Gasteiger partial charge in [-0.25, -0.2) is 0 Å². The molecule has 3 heterocycles. The Hall–Kier alpha value is -2.24. The van der Waals surface area contributed by atoms with Crippen LogP contribution in [-0.2, 0) is 12.4 Å². The molecule has 0 bridgehead atoms. The third-order valence-electron chi connectivity index (χ3n) is 4.47. The van der Waals surface area contributed by atoms with Gasteiger partial charge in [-0.3, -0.25) is 0 Å². The summed E-state index contributed by atoms with van der Waals surface area (Å²) in [5.41, 5.74) is -3.14. The van der Waals surface area contributed by atoms with E-state index in [1.807, 2.05) is 4.90 Å². The fourth-order valence-electron chi connectivity index (χ4n) is 3.11. The number of hydrogen-bond donors (Lipinski definition) is 0. The molecular formula is C16H13F6N5S. The predicted molar refractivity (Wildman–Crippen MR) is 89.8 cm³/mol. The van der Waals surface area contributed by atoms with Gasteiger partial charge < -0.3 is 4.90 Å². The molecule has 0 saturated carbocycles. The lowest BCUT2D eigenvalue weighted by molar-refractivity contribution is -0.143. The topological polar surface area (TPSA) is 46.3 Å². The van der Waals surface area contributed by atoms with Crippen molar-refractivity contribution in [3.63, 3.8) is 0 Å². The zero-order valence-corrected chi connectivity index (χ0v) is 15.0. The molecule has 2 aliphatic rings. The van der Waals surface area contributed by atoms with E-state index in [0.717, 1.165) is 25.9 Å². The summed E-state index contributed by atoms with van der Waals surface area (Å²) in [4.78, 5) is 2.05. The standard InChI is InChI=1S/C16H13F6N5S/c17-15(18,19)10-5-9(6-11(7-10)16(20,21)22)13-23-24-14-27(13)25-12(8-28-14)26-3-1-2-4-26/h5-7H,1-4,8H2. The first-order valence-electron chi connectivity index (χ1n) is 8.34. The highest BCUT2D eigenvalue weighted by Crippen LogP contribution is 2.39. The van der Waals surface area contributed by atoms with E-state index in [1.54, 1.807) is 0 Å². The third-order valence-corrected chi connectivity index (χ3v) is 5.39. The van der Waals surface area contributed by atoms with Gasteiger partial charge in [0.05, 0.1) is 16.9 Å².